The highest BCUT2D eigenvalue weighted by Gasteiger charge is 2.22. The molecule has 98 valence electrons. The highest BCUT2D eigenvalue weighted by atomic mass is 16.6. The Morgan fingerprint density at radius 1 is 1.44 bits per heavy atom. The molecule has 0 amide bonds. The van der Waals surface area contributed by atoms with E-state index in [1.165, 1.54) is 6.42 Å². The Kier molecular flexibility index (Phi) is 3.97. The number of nitro groups is 1. The number of hydrogen-bond donors (Lipinski definition) is 1. The molecule has 0 spiro atoms. The first-order valence-electron chi connectivity index (χ1n) is 6.54. The lowest BCUT2D eigenvalue weighted by atomic mass is 9.90. The number of nitrogens with one attached hydrogen (secondary N) is 1. The third-order valence-corrected chi connectivity index (χ3v) is 3.80. The summed E-state index contributed by atoms with van der Waals surface area (Å²) in [6, 6.07) is 5.69. The van der Waals surface area contributed by atoms with Gasteiger partial charge in [-0.05, 0) is 44.2 Å². The third-order valence-electron chi connectivity index (χ3n) is 3.80. The molecule has 2 rings (SSSR count). The standard InChI is InChI=1S/C14H20N2O2/c1-10-6-7-12(15-9-10)8-13-11(2)4-3-5-14(13)16(17)18/h3-5,10,12,15H,6-9H2,1-2H3. The van der Waals surface area contributed by atoms with E-state index in [9.17, 15) is 10.1 Å². The second-order valence-corrected chi connectivity index (χ2v) is 5.32. The predicted octanol–water partition coefficient (Wildman–Crippen LogP) is 2.83. The molecule has 1 aliphatic rings. The lowest BCUT2D eigenvalue weighted by Gasteiger charge is -2.28. The van der Waals surface area contributed by atoms with E-state index in [0.29, 0.717) is 12.0 Å². The molecule has 18 heavy (non-hydrogen) atoms. The van der Waals surface area contributed by atoms with Crippen molar-refractivity contribution in [2.45, 2.75) is 39.2 Å². The fraction of sp³-hybridized carbons (Fsp3) is 0.571. The molecule has 2 atom stereocenters. The van der Waals surface area contributed by atoms with Gasteiger partial charge in [-0.2, -0.15) is 0 Å². The molecule has 4 nitrogen and oxygen atoms in total. The topological polar surface area (TPSA) is 55.2 Å². The van der Waals surface area contributed by atoms with Crippen LogP contribution < -0.4 is 5.32 Å². The Hall–Kier alpha value is -1.42. The van der Waals surface area contributed by atoms with Crippen LogP contribution in [0.25, 0.3) is 0 Å². The second kappa shape index (κ2) is 5.48. The zero-order valence-corrected chi connectivity index (χ0v) is 11.0. The van der Waals surface area contributed by atoms with Crippen LogP contribution in [0.3, 0.4) is 0 Å². The highest BCUT2D eigenvalue weighted by Crippen LogP contribution is 2.25. The lowest BCUT2D eigenvalue weighted by Crippen LogP contribution is -2.39. The van der Waals surface area contributed by atoms with Crippen molar-refractivity contribution in [3.63, 3.8) is 0 Å². The first-order chi connectivity index (χ1) is 8.58. The molecular formula is C14H20N2O2. The van der Waals surface area contributed by atoms with Crippen LogP contribution in [-0.2, 0) is 6.42 Å². The van der Waals surface area contributed by atoms with Crippen LogP contribution >= 0.6 is 0 Å². The molecule has 1 N–H and O–H groups in total. The van der Waals surface area contributed by atoms with Gasteiger partial charge in [-0.3, -0.25) is 10.1 Å². The van der Waals surface area contributed by atoms with Gasteiger partial charge < -0.3 is 5.32 Å². The van der Waals surface area contributed by atoms with Crippen molar-refractivity contribution in [1.82, 2.24) is 5.32 Å². The van der Waals surface area contributed by atoms with Crippen LogP contribution in [0.2, 0.25) is 0 Å². The Morgan fingerprint density at radius 3 is 2.83 bits per heavy atom. The van der Waals surface area contributed by atoms with Crippen LogP contribution in [0.5, 0.6) is 0 Å². The molecule has 1 aromatic carbocycles. The molecule has 4 heteroatoms. The van der Waals surface area contributed by atoms with Crippen molar-refractivity contribution < 1.29 is 4.92 Å². The van der Waals surface area contributed by atoms with Gasteiger partial charge in [0.1, 0.15) is 0 Å². The zero-order valence-electron chi connectivity index (χ0n) is 11.0. The van der Waals surface area contributed by atoms with Gasteiger partial charge in [-0.15, -0.1) is 0 Å². The average Bonchev–Trinajstić information content (AvgIpc) is 2.34. The number of nitro benzene ring substituents is 1. The first-order valence-corrected chi connectivity index (χ1v) is 6.54. The fourth-order valence-electron chi connectivity index (χ4n) is 2.60. The van der Waals surface area contributed by atoms with E-state index < -0.39 is 0 Å². The minimum atomic E-state index is -0.270. The van der Waals surface area contributed by atoms with Crippen molar-refractivity contribution in [3.05, 3.63) is 39.4 Å². The van der Waals surface area contributed by atoms with Gasteiger partial charge in [0.05, 0.1) is 4.92 Å². The van der Waals surface area contributed by atoms with Crippen molar-refractivity contribution >= 4 is 5.69 Å². The van der Waals surface area contributed by atoms with Crippen LogP contribution in [0.15, 0.2) is 18.2 Å². The summed E-state index contributed by atoms with van der Waals surface area (Å²) in [6.45, 7) is 5.21. The van der Waals surface area contributed by atoms with Gasteiger partial charge in [0.15, 0.2) is 0 Å². The van der Waals surface area contributed by atoms with Crippen LogP contribution in [0.1, 0.15) is 30.9 Å². The molecule has 0 radical (unpaired) electrons. The molecular weight excluding hydrogens is 228 g/mol. The maximum absolute atomic E-state index is 11.1. The summed E-state index contributed by atoms with van der Waals surface area (Å²) in [6.07, 6.45) is 3.07. The normalized spacial score (nSPS) is 23.9. The second-order valence-electron chi connectivity index (χ2n) is 5.32. The van der Waals surface area contributed by atoms with E-state index >= 15 is 0 Å². The Bertz CT molecular complexity index is 437. The minimum Gasteiger partial charge on any atom is -0.313 e. The first kappa shape index (κ1) is 13.0. The van der Waals surface area contributed by atoms with E-state index in [4.69, 9.17) is 0 Å². The molecule has 1 saturated heterocycles. The number of aryl methyl sites for hydroxylation is 1. The molecule has 1 heterocycles. The molecule has 2 unspecified atom stereocenters. The van der Waals surface area contributed by atoms with E-state index in [2.05, 4.69) is 12.2 Å². The van der Waals surface area contributed by atoms with Gasteiger partial charge in [-0.25, -0.2) is 0 Å². The number of hydrogen-bond acceptors (Lipinski definition) is 3. The van der Waals surface area contributed by atoms with Gasteiger partial charge in [0.2, 0.25) is 0 Å². The van der Waals surface area contributed by atoms with Crippen LogP contribution in [0.4, 0.5) is 5.69 Å². The largest absolute Gasteiger partial charge is 0.313 e. The molecule has 0 aromatic heterocycles. The number of rotatable bonds is 3. The van der Waals surface area contributed by atoms with E-state index in [1.54, 1.807) is 12.1 Å². The summed E-state index contributed by atoms with van der Waals surface area (Å²) < 4.78 is 0. The van der Waals surface area contributed by atoms with Gasteiger partial charge in [0, 0.05) is 17.7 Å². The molecule has 1 aliphatic heterocycles. The number of nitrogens with zero attached hydrogens (tertiary/aromatic N) is 1. The summed E-state index contributed by atoms with van der Waals surface area (Å²) in [5.74, 6) is 0.716. The predicted molar refractivity (Wildman–Crippen MR) is 71.7 cm³/mol. The summed E-state index contributed by atoms with van der Waals surface area (Å²) in [4.78, 5) is 10.8. The molecule has 0 aliphatic carbocycles. The van der Waals surface area contributed by atoms with Crippen molar-refractivity contribution in [2.24, 2.45) is 5.92 Å². The monoisotopic (exact) mass is 248 g/mol. The van der Waals surface area contributed by atoms with Crippen molar-refractivity contribution in [1.29, 1.82) is 0 Å². The third kappa shape index (κ3) is 2.88. The molecule has 1 aromatic rings. The van der Waals surface area contributed by atoms with Crippen molar-refractivity contribution in [2.75, 3.05) is 6.54 Å². The molecule has 0 bridgehead atoms. The summed E-state index contributed by atoms with van der Waals surface area (Å²) in [5, 5.41) is 14.5. The SMILES string of the molecule is Cc1cccc([N+](=O)[O-])c1CC1CCC(C)CN1. The zero-order chi connectivity index (χ0) is 13.1. The number of benzene rings is 1. The smallest absolute Gasteiger partial charge is 0.272 e. The summed E-state index contributed by atoms with van der Waals surface area (Å²) >= 11 is 0. The minimum absolute atomic E-state index is 0.260. The molecule has 1 fully saturated rings. The van der Waals surface area contributed by atoms with E-state index in [0.717, 1.165) is 30.5 Å². The van der Waals surface area contributed by atoms with E-state index in [1.807, 2.05) is 13.0 Å². The summed E-state index contributed by atoms with van der Waals surface area (Å²) in [7, 11) is 0. The quantitative estimate of drug-likeness (QED) is 0.661. The van der Waals surface area contributed by atoms with Crippen LogP contribution in [-0.4, -0.2) is 17.5 Å². The van der Waals surface area contributed by atoms with Gasteiger partial charge in [-0.1, -0.05) is 19.1 Å². The van der Waals surface area contributed by atoms with Crippen molar-refractivity contribution in [3.8, 4) is 0 Å². The molecule has 0 saturated carbocycles. The maximum Gasteiger partial charge on any atom is 0.272 e. The van der Waals surface area contributed by atoms with Gasteiger partial charge in [0.25, 0.3) is 5.69 Å². The summed E-state index contributed by atoms with van der Waals surface area (Å²) in [5.41, 5.74) is 2.16. The Labute approximate surface area is 108 Å². The average molecular weight is 248 g/mol. The fourth-order valence-corrected chi connectivity index (χ4v) is 2.60. The lowest BCUT2D eigenvalue weighted by molar-refractivity contribution is -0.385. The van der Waals surface area contributed by atoms with E-state index in [-0.39, 0.29) is 10.6 Å². The Morgan fingerprint density at radius 2 is 2.22 bits per heavy atom. The Balaban J connectivity index is 2.15. The number of piperidine rings is 1. The maximum atomic E-state index is 11.1. The van der Waals surface area contributed by atoms with Gasteiger partial charge >= 0.3 is 0 Å². The highest BCUT2D eigenvalue weighted by molar-refractivity contribution is 5.45. The van der Waals surface area contributed by atoms with Crippen LogP contribution in [0, 0.1) is 23.0 Å².